The molecule has 0 radical (unpaired) electrons. The fourth-order valence-electron chi connectivity index (χ4n) is 2.49. The smallest absolute Gasteiger partial charge is 0.0440 e. The summed E-state index contributed by atoms with van der Waals surface area (Å²) in [5.41, 5.74) is 3.64. The largest absolute Gasteiger partial charge is 0.127 e. The number of hydrogen-bond acceptors (Lipinski definition) is 0. The summed E-state index contributed by atoms with van der Waals surface area (Å²) in [5, 5.41) is 0.751. The molecule has 1 rings (SSSR count). The second-order valence-corrected chi connectivity index (χ2v) is 5.99. The first-order chi connectivity index (χ1) is 10.6. The summed E-state index contributed by atoms with van der Waals surface area (Å²) in [4.78, 5) is 0. The number of alkyl halides is 1. The van der Waals surface area contributed by atoms with E-state index in [9.17, 15) is 0 Å². The molecule has 1 aromatic carbocycles. The molecule has 0 aliphatic carbocycles. The Labute approximate surface area is 144 Å². The Bertz CT molecular complexity index is 550. The summed E-state index contributed by atoms with van der Waals surface area (Å²) in [6.07, 6.45) is 9.51. The Kier molecular flexibility index (Phi) is 8.96. The predicted molar refractivity (Wildman–Crippen MR) is 101 cm³/mol. The van der Waals surface area contributed by atoms with Crippen molar-refractivity contribution in [1.82, 2.24) is 0 Å². The summed E-state index contributed by atoms with van der Waals surface area (Å²) in [5.74, 6) is 0.999. The molecule has 2 heteroatoms. The normalized spacial score (nSPS) is 14.8. The van der Waals surface area contributed by atoms with Crippen molar-refractivity contribution >= 4 is 23.2 Å². The van der Waals surface area contributed by atoms with Crippen LogP contribution in [0.4, 0.5) is 0 Å². The molecule has 1 aromatic rings. The number of hydrogen-bond donors (Lipinski definition) is 0. The van der Waals surface area contributed by atoms with Gasteiger partial charge in [0.1, 0.15) is 0 Å². The first-order valence-electron chi connectivity index (χ1n) is 7.56. The molecule has 22 heavy (non-hydrogen) atoms. The minimum Gasteiger partial charge on any atom is -0.127 e. The van der Waals surface area contributed by atoms with Crippen LogP contribution < -0.4 is 0 Å². The van der Waals surface area contributed by atoms with E-state index in [-0.39, 0.29) is 0 Å². The molecule has 0 spiro atoms. The minimum absolute atomic E-state index is 0.362. The number of benzene rings is 1. The van der Waals surface area contributed by atoms with Gasteiger partial charge in [-0.15, -0.1) is 11.6 Å². The Hall–Kier alpha value is -1.24. The lowest BCUT2D eigenvalue weighted by Crippen LogP contribution is -2.03. The fraction of sp³-hybridized carbons (Fsp3) is 0.300. The second kappa shape index (κ2) is 10.5. The Balaban J connectivity index is 3.17. The van der Waals surface area contributed by atoms with Crippen molar-refractivity contribution in [2.45, 2.75) is 32.6 Å². The Morgan fingerprint density at radius 2 is 1.95 bits per heavy atom. The summed E-state index contributed by atoms with van der Waals surface area (Å²) < 4.78 is 0. The lowest BCUT2D eigenvalue weighted by atomic mass is 9.87. The molecule has 0 unspecified atom stereocenters. The molecule has 0 aliphatic heterocycles. The average Bonchev–Trinajstić information content (AvgIpc) is 2.52. The van der Waals surface area contributed by atoms with Gasteiger partial charge in [0.05, 0.1) is 0 Å². The van der Waals surface area contributed by atoms with Crippen LogP contribution >= 0.6 is 23.2 Å². The van der Waals surface area contributed by atoms with Crippen LogP contribution in [0.2, 0.25) is 0 Å². The quantitative estimate of drug-likeness (QED) is 0.355. The molecule has 0 saturated carbocycles. The van der Waals surface area contributed by atoms with Crippen LogP contribution in [0.15, 0.2) is 77.4 Å². The highest BCUT2D eigenvalue weighted by Crippen LogP contribution is 2.33. The molecule has 1 atom stereocenters. The summed E-state index contributed by atoms with van der Waals surface area (Å²) in [6, 6.07) is 10.5. The molecule has 0 aliphatic rings. The van der Waals surface area contributed by atoms with Crippen LogP contribution in [0.3, 0.4) is 0 Å². The van der Waals surface area contributed by atoms with Crippen molar-refractivity contribution in [2.24, 2.45) is 0 Å². The first kappa shape index (κ1) is 18.8. The van der Waals surface area contributed by atoms with E-state index < -0.39 is 0 Å². The molecule has 118 valence electrons. The summed E-state index contributed by atoms with van der Waals surface area (Å²) in [6.45, 7) is 7.85. The van der Waals surface area contributed by atoms with E-state index in [1.807, 2.05) is 25.1 Å². The maximum absolute atomic E-state index is 6.47. The third-order valence-electron chi connectivity index (χ3n) is 3.62. The van der Waals surface area contributed by atoms with Gasteiger partial charge in [-0.25, -0.2) is 0 Å². The fourth-order valence-corrected chi connectivity index (χ4v) is 3.07. The number of rotatable bonds is 8. The molecule has 0 heterocycles. The van der Waals surface area contributed by atoms with Crippen molar-refractivity contribution in [3.63, 3.8) is 0 Å². The van der Waals surface area contributed by atoms with E-state index in [4.69, 9.17) is 23.2 Å². The van der Waals surface area contributed by atoms with Crippen LogP contribution in [0.25, 0.3) is 0 Å². The molecular weight excluding hydrogens is 311 g/mol. The highest BCUT2D eigenvalue weighted by Gasteiger charge is 2.16. The molecule has 0 bridgehead atoms. The van der Waals surface area contributed by atoms with Crippen molar-refractivity contribution in [1.29, 1.82) is 0 Å². The van der Waals surface area contributed by atoms with E-state index in [1.54, 1.807) is 6.08 Å². The van der Waals surface area contributed by atoms with Crippen molar-refractivity contribution in [2.75, 3.05) is 5.88 Å². The van der Waals surface area contributed by atoms with Gasteiger partial charge in [-0.05, 0) is 55.4 Å². The van der Waals surface area contributed by atoms with Crippen LogP contribution in [0, 0.1) is 0 Å². The highest BCUT2D eigenvalue weighted by molar-refractivity contribution is 6.32. The molecule has 0 nitrogen and oxygen atoms in total. The molecule has 0 fully saturated rings. The summed E-state index contributed by atoms with van der Waals surface area (Å²) in [7, 11) is 0. The Morgan fingerprint density at radius 1 is 1.27 bits per heavy atom. The van der Waals surface area contributed by atoms with Crippen LogP contribution in [-0.2, 0) is 0 Å². The Morgan fingerprint density at radius 3 is 2.50 bits per heavy atom. The lowest BCUT2D eigenvalue weighted by Gasteiger charge is -2.19. The van der Waals surface area contributed by atoms with Crippen LogP contribution in [-0.4, -0.2) is 5.88 Å². The van der Waals surface area contributed by atoms with Crippen molar-refractivity contribution < 1.29 is 0 Å². The van der Waals surface area contributed by atoms with Gasteiger partial charge in [0.15, 0.2) is 0 Å². The maximum atomic E-state index is 6.47. The minimum atomic E-state index is 0.362. The maximum Gasteiger partial charge on any atom is 0.0440 e. The van der Waals surface area contributed by atoms with Gasteiger partial charge in [0.2, 0.25) is 0 Å². The van der Waals surface area contributed by atoms with E-state index in [2.05, 4.69) is 43.8 Å². The van der Waals surface area contributed by atoms with Crippen LogP contribution in [0.1, 0.15) is 38.2 Å². The average molecular weight is 335 g/mol. The van der Waals surface area contributed by atoms with Crippen molar-refractivity contribution in [3.8, 4) is 0 Å². The van der Waals surface area contributed by atoms with Crippen molar-refractivity contribution in [3.05, 3.63) is 83.0 Å². The van der Waals surface area contributed by atoms with E-state index >= 15 is 0 Å². The third-order valence-corrected chi connectivity index (χ3v) is 4.20. The third kappa shape index (κ3) is 5.87. The van der Waals surface area contributed by atoms with E-state index in [1.165, 1.54) is 11.1 Å². The molecule has 0 saturated heterocycles. The van der Waals surface area contributed by atoms with Gasteiger partial charge in [-0.1, -0.05) is 66.7 Å². The topological polar surface area (TPSA) is 0 Å². The van der Waals surface area contributed by atoms with Gasteiger partial charge in [0.25, 0.3) is 0 Å². The lowest BCUT2D eigenvalue weighted by molar-refractivity contribution is 0.663. The molecule has 0 amide bonds. The van der Waals surface area contributed by atoms with Gasteiger partial charge in [-0.2, -0.15) is 0 Å². The van der Waals surface area contributed by atoms with Gasteiger partial charge < -0.3 is 0 Å². The number of allylic oxidation sites excluding steroid dienone is 7. The van der Waals surface area contributed by atoms with Crippen LogP contribution in [0.5, 0.6) is 0 Å². The zero-order valence-corrected chi connectivity index (χ0v) is 14.9. The van der Waals surface area contributed by atoms with E-state index in [0.717, 1.165) is 23.4 Å². The zero-order chi connectivity index (χ0) is 16.4. The first-order valence-corrected chi connectivity index (χ1v) is 8.47. The molecule has 0 aromatic heterocycles. The highest BCUT2D eigenvalue weighted by atomic mass is 35.5. The standard InChI is InChI=1S/C20H24Cl2/c1-4-9-16(3)19(20(22)10-5-2)15-18(13-14-21)17-11-7-6-8-12-17/h4-12,18H,2,13-15H2,1,3H3/b9-4-,19-16+,20-10+/t18-/m1/s1. The zero-order valence-electron chi connectivity index (χ0n) is 13.4. The van der Waals surface area contributed by atoms with Gasteiger partial charge >= 0.3 is 0 Å². The van der Waals surface area contributed by atoms with Gasteiger partial charge in [0, 0.05) is 10.9 Å². The number of halogens is 2. The van der Waals surface area contributed by atoms with E-state index in [0.29, 0.717) is 11.8 Å². The SMILES string of the molecule is C=C\C=C(Cl)/C(C[C@@H](CCCl)c1ccccc1)=C(C)/C=C\C. The second-order valence-electron chi connectivity index (χ2n) is 5.20. The molecule has 0 N–H and O–H groups in total. The summed E-state index contributed by atoms with van der Waals surface area (Å²) >= 11 is 12.5. The predicted octanol–water partition coefficient (Wildman–Crippen LogP) is 6.99. The monoisotopic (exact) mass is 334 g/mol. The van der Waals surface area contributed by atoms with Gasteiger partial charge in [-0.3, -0.25) is 0 Å². The molecular formula is C20H24Cl2.